The SMILES string of the molecule is Fc1c(F)c(F)c(NN(C(=S)S)c2c(F)c(F)c(F)c(F)c2F)c(F)c1F. The highest BCUT2D eigenvalue weighted by Gasteiger charge is 2.33. The van der Waals surface area contributed by atoms with E-state index in [0.29, 0.717) is 0 Å². The van der Waals surface area contributed by atoms with E-state index < -0.39 is 73.9 Å². The van der Waals surface area contributed by atoms with Gasteiger partial charge in [-0.25, -0.2) is 48.9 Å². The number of halogens is 10. The fourth-order valence-corrected chi connectivity index (χ4v) is 2.09. The molecule has 0 aliphatic carbocycles. The molecule has 0 spiro atoms. The van der Waals surface area contributed by atoms with Crippen molar-refractivity contribution in [1.82, 2.24) is 0 Å². The first-order valence-electron chi connectivity index (χ1n) is 6.24. The number of nitrogens with one attached hydrogen (secondary N) is 1. The molecule has 0 unspecified atom stereocenters. The van der Waals surface area contributed by atoms with Crippen molar-refractivity contribution in [2.45, 2.75) is 0 Å². The molecule has 0 fully saturated rings. The van der Waals surface area contributed by atoms with Gasteiger partial charge in [-0.05, 0) is 0 Å². The summed E-state index contributed by atoms with van der Waals surface area (Å²) < 4.78 is 133. The van der Waals surface area contributed by atoms with Crippen molar-refractivity contribution in [1.29, 1.82) is 0 Å². The molecule has 14 heteroatoms. The molecule has 0 heterocycles. The molecule has 0 saturated heterocycles. The van der Waals surface area contributed by atoms with Gasteiger partial charge in [0, 0.05) is 0 Å². The maximum atomic E-state index is 13.8. The number of thiocarbonyl (C=S) groups is 1. The zero-order chi connectivity index (χ0) is 20.8. The molecule has 0 radical (unpaired) electrons. The van der Waals surface area contributed by atoms with Gasteiger partial charge in [0.25, 0.3) is 0 Å². The lowest BCUT2D eigenvalue weighted by atomic mass is 10.2. The van der Waals surface area contributed by atoms with E-state index in [-0.39, 0.29) is 5.01 Å². The summed E-state index contributed by atoms with van der Waals surface area (Å²) in [4.78, 5) is 0. The molecule has 0 aliphatic heterocycles. The number of anilines is 2. The molecular formula is C13H2F10N2S2. The summed E-state index contributed by atoms with van der Waals surface area (Å²) in [6.07, 6.45) is 0. The number of hydrogen-bond donors (Lipinski definition) is 2. The Morgan fingerprint density at radius 1 is 0.593 bits per heavy atom. The van der Waals surface area contributed by atoms with Gasteiger partial charge in [-0.1, -0.05) is 12.2 Å². The van der Waals surface area contributed by atoms with Crippen LogP contribution >= 0.6 is 24.8 Å². The summed E-state index contributed by atoms with van der Waals surface area (Å²) in [6, 6.07) is 0. The molecule has 0 atom stereocenters. The summed E-state index contributed by atoms with van der Waals surface area (Å²) in [5.41, 5.74) is -2.50. The molecule has 0 bridgehead atoms. The number of nitrogens with zero attached hydrogens (tertiary/aromatic N) is 1. The number of benzene rings is 2. The van der Waals surface area contributed by atoms with Crippen LogP contribution in [0.2, 0.25) is 0 Å². The van der Waals surface area contributed by atoms with Gasteiger partial charge < -0.3 is 0 Å². The molecule has 1 N–H and O–H groups in total. The van der Waals surface area contributed by atoms with Crippen molar-refractivity contribution >= 4 is 40.5 Å². The van der Waals surface area contributed by atoms with Gasteiger partial charge in [0.1, 0.15) is 11.4 Å². The van der Waals surface area contributed by atoms with Crippen molar-refractivity contribution in [2.24, 2.45) is 0 Å². The molecule has 0 saturated carbocycles. The Kier molecular flexibility index (Phi) is 5.79. The van der Waals surface area contributed by atoms with Crippen molar-refractivity contribution in [2.75, 3.05) is 10.4 Å². The van der Waals surface area contributed by atoms with Gasteiger partial charge in [-0.2, -0.15) is 0 Å². The Morgan fingerprint density at radius 2 is 0.889 bits per heavy atom. The van der Waals surface area contributed by atoms with Crippen LogP contribution in [0.3, 0.4) is 0 Å². The van der Waals surface area contributed by atoms with Crippen LogP contribution in [0.25, 0.3) is 0 Å². The standard InChI is InChI=1S/C13H2F10N2S2/c14-1-3(16)7(20)11(8(21)4(1)17)24-25(13(26)27)12-9(22)5(18)2(15)6(19)10(12)23/h24H,(H,26,27). The zero-order valence-electron chi connectivity index (χ0n) is 12.1. The van der Waals surface area contributed by atoms with Crippen LogP contribution in [0.4, 0.5) is 55.3 Å². The van der Waals surface area contributed by atoms with Crippen molar-refractivity contribution in [3.8, 4) is 0 Å². The van der Waals surface area contributed by atoms with Gasteiger partial charge in [0.15, 0.2) is 50.9 Å². The lowest BCUT2D eigenvalue weighted by molar-refractivity contribution is 0.378. The van der Waals surface area contributed by atoms with Crippen LogP contribution in [0, 0.1) is 58.2 Å². The fourth-order valence-electron chi connectivity index (χ4n) is 1.80. The monoisotopic (exact) mass is 440 g/mol. The van der Waals surface area contributed by atoms with Crippen LogP contribution in [0.1, 0.15) is 0 Å². The van der Waals surface area contributed by atoms with Crippen molar-refractivity contribution < 1.29 is 43.9 Å². The first-order valence-corrected chi connectivity index (χ1v) is 7.09. The van der Waals surface area contributed by atoms with E-state index in [4.69, 9.17) is 0 Å². The minimum Gasteiger partial charge on any atom is -0.286 e. The lowest BCUT2D eigenvalue weighted by Crippen LogP contribution is -2.36. The third-order valence-corrected chi connectivity index (χ3v) is 3.42. The van der Waals surface area contributed by atoms with Crippen LogP contribution < -0.4 is 10.4 Å². The maximum absolute atomic E-state index is 13.8. The van der Waals surface area contributed by atoms with Crippen molar-refractivity contribution in [3.63, 3.8) is 0 Å². The first kappa shape index (κ1) is 21.1. The number of thiol groups is 1. The van der Waals surface area contributed by atoms with Crippen LogP contribution in [0.15, 0.2) is 0 Å². The highest BCUT2D eigenvalue weighted by Crippen LogP contribution is 2.33. The summed E-state index contributed by atoms with van der Waals surface area (Å²) in [5, 5.41) is -0.368. The quantitative estimate of drug-likeness (QED) is 0.172. The van der Waals surface area contributed by atoms with E-state index in [1.807, 2.05) is 0 Å². The zero-order valence-corrected chi connectivity index (χ0v) is 13.8. The van der Waals surface area contributed by atoms with Crippen LogP contribution in [-0.2, 0) is 0 Å². The molecule has 2 aromatic rings. The summed E-state index contributed by atoms with van der Waals surface area (Å²) in [5.74, 6) is -24.9. The van der Waals surface area contributed by atoms with Gasteiger partial charge in [-0.15, -0.1) is 12.6 Å². The third kappa shape index (κ3) is 3.38. The van der Waals surface area contributed by atoms with Gasteiger partial charge in [-0.3, -0.25) is 5.43 Å². The number of hydrogen-bond acceptors (Lipinski definition) is 2. The molecule has 0 aromatic heterocycles. The first-order chi connectivity index (χ1) is 12.4. The second kappa shape index (κ2) is 7.42. The largest absolute Gasteiger partial charge is 0.286 e. The second-order valence-corrected chi connectivity index (χ2v) is 5.71. The minimum absolute atomic E-state index is 0.368. The summed E-state index contributed by atoms with van der Waals surface area (Å²) >= 11 is 7.74. The Balaban J connectivity index is 2.73. The summed E-state index contributed by atoms with van der Waals surface area (Å²) in [7, 11) is 0. The van der Waals surface area contributed by atoms with E-state index in [9.17, 15) is 43.9 Å². The highest BCUT2D eigenvalue weighted by molar-refractivity contribution is 8.11. The number of rotatable bonds is 3. The van der Waals surface area contributed by atoms with E-state index in [1.54, 1.807) is 0 Å². The Labute approximate surface area is 153 Å². The summed E-state index contributed by atoms with van der Waals surface area (Å²) in [6.45, 7) is 0. The molecule has 146 valence electrons. The number of hydrazine groups is 1. The predicted octanol–water partition coefficient (Wildman–Crippen LogP) is 5.13. The topological polar surface area (TPSA) is 15.3 Å². The van der Waals surface area contributed by atoms with Gasteiger partial charge >= 0.3 is 0 Å². The van der Waals surface area contributed by atoms with Crippen LogP contribution in [0.5, 0.6) is 0 Å². The molecule has 2 aromatic carbocycles. The average Bonchev–Trinajstić information content (AvgIpc) is 2.63. The van der Waals surface area contributed by atoms with Gasteiger partial charge in [0.2, 0.25) is 11.6 Å². The molecule has 2 nitrogen and oxygen atoms in total. The molecular weight excluding hydrogens is 438 g/mol. The predicted molar refractivity (Wildman–Crippen MR) is 80.1 cm³/mol. The normalized spacial score (nSPS) is 10.9. The lowest BCUT2D eigenvalue weighted by Gasteiger charge is -2.26. The molecule has 0 amide bonds. The Bertz CT molecular complexity index is 907. The average molecular weight is 440 g/mol. The van der Waals surface area contributed by atoms with E-state index in [1.165, 1.54) is 5.43 Å². The molecule has 0 aliphatic rings. The van der Waals surface area contributed by atoms with E-state index in [0.717, 1.165) is 0 Å². The van der Waals surface area contributed by atoms with E-state index >= 15 is 0 Å². The third-order valence-electron chi connectivity index (χ3n) is 3.03. The maximum Gasteiger partial charge on any atom is 0.200 e. The van der Waals surface area contributed by atoms with E-state index in [2.05, 4.69) is 24.8 Å². The molecule has 2 rings (SSSR count). The van der Waals surface area contributed by atoms with Gasteiger partial charge in [0.05, 0.1) is 0 Å². The minimum atomic E-state index is -2.56. The molecule has 27 heavy (non-hydrogen) atoms. The fraction of sp³-hybridized carbons (Fsp3) is 0. The smallest absolute Gasteiger partial charge is 0.200 e. The Hall–Kier alpha value is -2.22. The second-order valence-electron chi connectivity index (χ2n) is 4.59. The van der Waals surface area contributed by atoms with Crippen molar-refractivity contribution in [3.05, 3.63) is 58.2 Å². The van der Waals surface area contributed by atoms with Crippen LogP contribution in [-0.4, -0.2) is 4.32 Å². The highest BCUT2D eigenvalue weighted by atomic mass is 32.1. The Morgan fingerprint density at radius 3 is 1.22 bits per heavy atom.